The van der Waals surface area contributed by atoms with Gasteiger partial charge >= 0.3 is 0 Å². The fourth-order valence-electron chi connectivity index (χ4n) is 3.66. The van der Waals surface area contributed by atoms with Gasteiger partial charge in [0.1, 0.15) is 10.7 Å². The summed E-state index contributed by atoms with van der Waals surface area (Å²) in [6, 6.07) is 13.3. The summed E-state index contributed by atoms with van der Waals surface area (Å²) in [6.45, 7) is 0. The first kappa shape index (κ1) is 20.4. The van der Waals surface area contributed by atoms with Crippen LogP contribution in [0.15, 0.2) is 59.3 Å². The van der Waals surface area contributed by atoms with E-state index in [0.717, 1.165) is 30.6 Å². The smallest absolute Gasteiger partial charge is 0.283 e. The van der Waals surface area contributed by atoms with E-state index in [2.05, 4.69) is 10.6 Å². The number of benzene rings is 2. The molecule has 0 aromatic heterocycles. The van der Waals surface area contributed by atoms with Gasteiger partial charge in [0.25, 0.3) is 17.7 Å². The lowest BCUT2D eigenvalue weighted by Gasteiger charge is -2.15. The van der Waals surface area contributed by atoms with Crippen molar-refractivity contribution >= 4 is 52.3 Å². The maximum atomic E-state index is 12.9. The molecule has 2 aromatic carbocycles. The van der Waals surface area contributed by atoms with Crippen molar-refractivity contribution < 1.29 is 14.4 Å². The van der Waals surface area contributed by atoms with Crippen LogP contribution in [-0.2, 0) is 9.59 Å². The number of amides is 3. The molecule has 30 heavy (non-hydrogen) atoms. The molecule has 1 aliphatic carbocycles. The van der Waals surface area contributed by atoms with E-state index in [1.165, 1.54) is 0 Å². The van der Waals surface area contributed by atoms with Gasteiger partial charge in [-0.1, -0.05) is 42.1 Å². The van der Waals surface area contributed by atoms with E-state index in [1.807, 2.05) is 0 Å². The highest BCUT2D eigenvalue weighted by atomic mass is 35.5. The fraction of sp³-hybridized carbons (Fsp3) is 0.227. The summed E-state index contributed by atoms with van der Waals surface area (Å²) >= 11 is 12.0. The summed E-state index contributed by atoms with van der Waals surface area (Å²) < 4.78 is 0. The Morgan fingerprint density at radius 2 is 1.67 bits per heavy atom. The van der Waals surface area contributed by atoms with Gasteiger partial charge in [-0.25, -0.2) is 4.90 Å². The summed E-state index contributed by atoms with van der Waals surface area (Å²) in [5.41, 5.74) is 1.29. The Morgan fingerprint density at radius 1 is 0.967 bits per heavy atom. The standard InChI is InChI=1S/C22H19Cl2N3O3/c23-14-8-10-17(11-9-14)27-21(29)18(24)19(22(27)30)25-16-7-3-4-13(12-16)20(28)26-15-5-1-2-6-15/h3-4,7-12,15,25H,1-2,5-6H2,(H,26,28). The highest BCUT2D eigenvalue weighted by Crippen LogP contribution is 2.31. The van der Waals surface area contributed by atoms with Gasteiger partial charge < -0.3 is 10.6 Å². The number of nitrogens with one attached hydrogen (secondary N) is 2. The molecule has 1 aliphatic heterocycles. The number of hydrogen-bond acceptors (Lipinski definition) is 4. The largest absolute Gasteiger partial charge is 0.350 e. The number of anilines is 2. The molecule has 0 atom stereocenters. The zero-order valence-corrected chi connectivity index (χ0v) is 17.5. The molecule has 0 saturated heterocycles. The first-order valence-electron chi connectivity index (χ1n) is 9.66. The molecule has 2 aromatic rings. The molecule has 0 spiro atoms. The average Bonchev–Trinajstić information content (AvgIpc) is 3.32. The molecule has 0 unspecified atom stereocenters. The maximum absolute atomic E-state index is 12.9. The number of rotatable bonds is 5. The molecule has 4 rings (SSSR count). The third-order valence-corrected chi connectivity index (χ3v) is 5.80. The van der Waals surface area contributed by atoms with Crippen molar-refractivity contribution in [1.82, 2.24) is 5.32 Å². The Morgan fingerprint density at radius 3 is 2.37 bits per heavy atom. The lowest BCUT2D eigenvalue weighted by atomic mass is 10.1. The third-order valence-electron chi connectivity index (χ3n) is 5.20. The van der Waals surface area contributed by atoms with Gasteiger partial charge in [0.05, 0.1) is 5.69 Å². The van der Waals surface area contributed by atoms with Crippen LogP contribution in [0.25, 0.3) is 0 Å². The second kappa shape index (κ2) is 8.50. The van der Waals surface area contributed by atoms with Crippen LogP contribution >= 0.6 is 23.2 Å². The van der Waals surface area contributed by atoms with Crippen LogP contribution in [0.1, 0.15) is 36.0 Å². The van der Waals surface area contributed by atoms with Crippen LogP contribution in [0.3, 0.4) is 0 Å². The molecule has 2 aliphatic rings. The van der Waals surface area contributed by atoms with Crippen molar-refractivity contribution in [3.8, 4) is 0 Å². The zero-order chi connectivity index (χ0) is 21.3. The van der Waals surface area contributed by atoms with Gasteiger partial charge in [-0.3, -0.25) is 14.4 Å². The van der Waals surface area contributed by atoms with E-state index < -0.39 is 11.8 Å². The van der Waals surface area contributed by atoms with Crippen LogP contribution in [-0.4, -0.2) is 23.8 Å². The quantitative estimate of drug-likeness (QED) is 0.669. The minimum absolute atomic E-state index is 0.0371. The monoisotopic (exact) mass is 443 g/mol. The summed E-state index contributed by atoms with van der Waals surface area (Å²) in [7, 11) is 0. The molecule has 0 radical (unpaired) electrons. The highest BCUT2D eigenvalue weighted by Gasteiger charge is 2.39. The summed E-state index contributed by atoms with van der Waals surface area (Å²) in [6.07, 6.45) is 4.23. The normalized spacial score (nSPS) is 17.1. The fourth-order valence-corrected chi connectivity index (χ4v) is 4.00. The van der Waals surface area contributed by atoms with Crippen molar-refractivity contribution in [2.45, 2.75) is 31.7 Å². The molecular formula is C22H19Cl2N3O3. The molecule has 6 nitrogen and oxygen atoms in total. The number of hydrogen-bond donors (Lipinski definition) is 2. The van der Waals surface area contributed by atoms with Gasteiger partial charge in [0.2, 0.25) is 0 Å². The zero-order valence-electron chi connectivity index (χ0n) is 16.0. The van der Waals surface area contributed by atoms with Crippen molar-refractivity contribution in [3.05, 3.63) is 69.8 Å². The van der Waals surface area contributed by atoms with Gasteiger partial charge in [-0.15, -0.1) is 0 Å². The first-order chi connectivity index (χ1) is 14.4. The van der Waals surface area contributed by atoms with E-state index in [0.29, 0.717) is 22.0 Å². The molecule has 2 N–H and O–H groups in total. The SMILES string of the molecule is O=C(NC1CCCC1)c1cccc(NC2=C(Cl)C(=O)N(c3ccc(Cl)cc3)C2=O)c1. The molecule has 0 bridgehead atoms. The van der Waals surface area contributed by atoms with E-state index >= 15 is 0 Å². The molecular weight excluding hydrogens is 425 g/mol. The van der Waals surface area contributed by atoms with Crippen LogP contribution in [0.5, 0.6) is 0 Å². The van der Waals surface area contributed by atoms with Crippen molar-refractivity contribution in [2.75, 3.05) is 10.2 Å². The minimum atomic E-state index is -0.623. The molecule has 1 heterocycles. The average molecular weight is 444 g/mol. The number of carbonyl (C=O) groups is 3. The first-order valence-corrected chi connectivity index (χ1v) is 10.4. The van der Waals surface area contributed by atoms with Gasteiger partial charge in [-0.05, 0) is 55.3 Å². The Bertz CT molecular complexity index is 1040. The Kier molecular flexibility index (Phi) is 5.79. The number of nitrogens with zero attached hydrogens (tertiary/aromatic N) is 1. The topological polar surface area (TPSA) is 78.5 Å². The van der Waals surface area contributed by atoms with E-state index in [1.54, 1.807) is 48.5 Å². The van der Waals surface area contributed by atoms with Crippen molar-refractivity contribution in [3.63, 3.8) is 0 Å². The molecule has 1 saturated carbocycles. The van der Waals surface area contributed by atoms with Gasteiger partial charge in [-0.2, -0.15) is 0 Å². The Hall–Kier alpha value is -2.83. The minimum Gasteiger partial charge on any atom is -0.350 e. The maximum Gasteiger partial charge on any atom is 0.283 e. The summed E-state index contributed by atoms with van der Waals surface area (Å²) in [5, 5.41) is 6.21. The second-order valence-corrected chi connectivity index (χ2v) is 8.09. The van der Waals surface area contributed by atoms with Crippen LogP contribution in [0, 0.1) is 0 Å². The Labute approximate surface area is 183 Å². The van der Waals surface area contributed by atoms with Crippen molar-refractivity contribution in [1.29, 1.82) is 0 Å². The predicted octanol–water partition coefficient (Wildman–Crippen LogP) is 4.45. The molecule has 154 valence electrons. The third kappa shape index (κ3) is 4.06. The van der Waals surface area contributed by atoms with Crippen LogP contribution in [0.2, 0.25) is 5.02 Å². The van der Waals surface area contributed by atoms with Crippen molar-refractivity contribution in [2.24, 2.45) is 0 Å². The second-order valence-electron chi connectivity index (χ2n) is 7.27. The summed E-state index contributed by atoms with van der Waals surface area (Å²) in [4.78, 5) is 38.9. The van der Waals surface area contributed by atoms with Gasteiger partial charge in [0, 0.05) is 22.3 Å². The van der Waals surface area contributed by atoms with E-state index in [9.17, 15) is 14.4 Å². The highest BCUT2D eigenvalue weighted by molar-refractivity contribution is 6.53. The number of halogens is 2. The molecule has 1 fully saturated rings. The summed E-state index contributed by atoms with van der Waals surface area (Å²) in [5.74, 6) is -1.36. The van der Waals surface area contributed by atoms with Gasteiger partial charge in [0.15, 0.2) is 0 Å². The predicted molar refractivity (Wildman–Crippen MR) is 117 cm³/mol. The lowest BCUT2D eigenvalue weighted by Crippen LogP contribution is -2.32. The van der Waals surface area contributed by atoms with Crippen LogP contribution in [0.4, 0.5) is 11.4 Å². The lowest BCUT2D eigenvalue weighted by molar-refractivity contribution is -0.120. The molecule has 3 amide bonds. The van der Waals surface area contributed by atoms with E-state index in [-0.39, 0.29) is 22.7 Å². The van der Waals surface area contributed by atoms with E-state index in [4.69, 9.17) is 23.2 Å². The molecule has 8 heteroatoms. The van der Waals surface area contributed by atoms with Crippen LogP contribution < -0.4 is 15.5 Å². The Balaban J connectivity index is 1.52. The number of carbonyl (C=O) groups excluding carboxylic acids is 3. The number of imide groups is 1.